The van der Waals surface area contributed by atoms with Gasteiger partial charge in [0, 0.05) is 6.54 Å². The molecule has 0 fully saturated rings. The van der Waals surface area contributed by atoms with Crippen LogP contribution in [0.2, 0.25) is 0 Å². The average molecular weight is 326 g/mol. The number of hydrogen-bond donors (Lipinski definition) is 1. The van der Waals surface area contributed by atoms with Crippen LogP contribution in [-0.4, -0.2) is 11.5 Å². The molecule has 4 nitrogen and oxygen atoms in total. The lowest BCUT2D eigenvalue weighted by atomic mass is 10.2. The second-order valence-electron chi connectivity index (χ2n) is 4.70. The van der Waals surface area contributed by atoms with E-state index in [2.05, 4.69) is 15.2 Å². The fourth-order valence-corrected chi connectivity index (χ4v) is 2.09. The predicted molar refractivity (Wildman–Crippen MR) is 74.4 cm³/mol. The van der Waals surface area contributed by atoms with Crippen LogP contribution in [0.3, 0.4) is 0 Å². The molecule has 0 aliphatic rings. The van der Waals surface area contributed by atoms with Crippen molar-refractivity contribution in [2.24, 2.45) is 0 Å². The van der Waals surface area contributed by atoms with E-state index in [1.165, 1.54) is 30.3 Å². The highest BCUT2D eigenvalue weighted by molar-refractivity contribution is 5.88. The van der Waals surface area contributed by atoms with Gasteiger partial charge in [0.1, 0.15) is 5.75 Å². The van der Waals surface area contributed by atoms with E-state index in [0.717, 1.165) is 0 Å². The van der Waals surface area contributed by atoms with E-state index in [9.17, 15) is 17.6 Å². The van der Waals surface area contributed by atoms with Gasteiger partial charge in [-0.2, -0.15) is 0 Å². The standard InChI is InChI=1S/C15H10F4N2O2/c16-12-6-2-5-11-13(12)23-21-14(11)20-8-9-3-1-4-10(7-9)22-15(17,18)19/h1-7H,8H2,(H,20,21). The van der Waals surface area contributed by atoms with Crippen molar-refractivity contribution < 1.29 is 26.8 Å². The summed E-state index contributed by atoms with van der Waals surface area (Å²) in [6.07, 6.45) is -4.74. The number of alkyl halides is 3. The highest BCUT2D eigenvalue weighted by atomic mass is 19.4. The Morgan fingerprint density at radius 2 is 1.91 bits per heavy atom. The summed E-state index contributed by atoms with van der Waals surface area (Å²) in [5.41, 5.74) is 0.559. The van der Waals surface area contributed by atoms with E-state index in [-0.39, 0.29) is 17.9 Å². The van der Waals surface area contributed by atoms with Gasteiger partial charge in [-0.25, -0.2) is 4.39 Å². The van der Waals surface area contributed by atoms with E-state index in [4.69, 9.17) is 4.52 Å². The minimum Gasteiger partial charge on any atom is -0.406 e. The zero-order chi connectivity index (χ0) is 16.4. The van der Waals surface area contributed by atoms with Crippen molar-refractivity contribution in [1.29, 1.82) is 0 Å². The number of anilines is 1. The number of benzene rings is 2. The van der Waals surface area contributed by atoms with Crippen LogP contribution in [0.25, 0.3) is 11.0 Å². The van der Waals surface area contributed by atoms with Gasteiger partial charge in [0.25, 0.3) is 0 Å². The van der Waals surface area contributed by atoms with Gasteiger partial charge in [-0.3, -0.25) is 0 Å². The number of rotatable bonds is 4. The Morgan fingerprint density at radius 3 is 2.70 bits per heavy atom. The molecule has 0 saturated heterocycles. The predicted octanol–water partition coefficient (Wildman–Crippen LogP) is 4.48. The summed E-state index contributed by atoms with van der Waals surface area (Å²) in [5, 5.41) is 7.06. The summed E-state index contributed by atoms with van der Waals surface area (Å²) in [5.74, 6) is -0.543. The van der Waals surface area contributed by atoms with Crippen molar-refractivity contribution in [3.05, 3.63) is 53.8 Å². The third kappa shape index (κ3) is 3.53. The molecular weight excluding hydrogens is 316 g/mol. The summed E-state index contributed by atoms with van der Waals surface area (Å²) >= 11 is 0. The van der Waals surface area contributed by atoms with Crippen molar-refractivity contribution in [2.75, 3.05) is 5.32 Å². The van der Waals surface area contributed by atoms with Crippen LogP contribution in [0.1, 0.15) is 5.56 Å². The quantitative estimate of drug-likeness (QED) is 0.718. The molecule has 0 saturated carbocycles. The molecule has 3 aromatic rings. The van der Waals surface area contributed by atoms with Crippen molar-refractivity contribution in [1.82, 2.24) is 5.16 Å². The Bertz CT molecular complexity index is 830. The maximum Gasteiger partial charge on any atom is 0.573 e. The maximum atomic E-state index is 13.5. The smallest absolute Gasteiger partial charge is 0.406 e. The van der Waals surface area contributed by atoms with Gasteiger partial charge in [0.05, 0.1) is 5.39 Å². The van der Waals surface area contributed by atoms with Crippen molar-refractivity contribution in [3.8, 4) is 5.75 Å². The largest absolute Gasteiger partial charge is 0.573 e. The Morgan fingerprint density at radius 1 is 1.13 bits per heavy atom. The van der Waals surface area contributed by atoms with Crippen LogP contribution in [0, 0.1) is 5.82 Å². The van der Waals surface area contributed by atoms with E-state index in [1.54, 1.807) is 12.1 Å². The Labute approximate surface area is 127 Å². The van der Waals surface area contributed by atoms with Crippen molar-refractivity contribution >= 4 is 16.8 Å². The summed E-state index contributed by atoms with van der Waals surface area (Å²) in [7, 11) is 0. The number of nitrogens with one attached hydrogen (secondary N) is 1. The first kappa shape index (κ1) is 15.1. The molecule has 0 atom stereocenters. The molecule has 1 N–H and O–H groups in total. The lowest BCUT2D eigenvalue weighted by molar-refractivity contribution is -0.274. The van der Waals surface area contributed by atoms with Gasteiger partial charge in [0.15, 0.2) is 11.6 Å². The molecule has 3 rings (SSSR count). The third-order valence-electron chi connectivity index (χ3n) is 3.04. The fraction of sp³-hybridized carbons (Fsp3) is 0.133. The molecule has 2 aromatic carbocycles. The first-order chi connectivity index (χ1) is 10.9. The lowest BCUT2D eigenvalue weighted by Gasteiger charge is -2.10. The van der Waals surface area contributed by atoms with E-state index in [1.807, 2.05) is 0 Å². The minimum absolute atomic E-state index is 0.0177. The highest BCUT2D eigenvalue weighted by Crippen LogP contribution is 2.26. The normalized spacial score (nSPS) is 11.7. The summed E-state index contributed by atoms with van der Waals surface area (Å²) in [6, 6.07) is 9.91. The SMILES string of the molecule is Fc1cccc2c(NCc3cccc(OC(F)(F)F)c3)noc12. The molecule has 0 unspecified atom stereocenters. The molecule has 1 heterocycles. The summed E-state index contributed by atoms with van der Waals surface area (Å²) in [4.78, 5) is 0. The van der Waals surface area contributed by atoms with Crippen LogP contribution in [0.5, 0.6) is 5.75 Å². The van der Waals surface area contributed by atoms with Gasteiger partial charge in [-0.1, -0.05) is 23.4 Å². The number of nitrogens with zero attached hydrogens (tertiary/aromatic N) is 1. The van der Waals surface area contributed by atoms with Crippen molar-refractivity contribution in [2.45, 2.75) is 12.9 Å². The van der Waals surface area contributed by atoms with E-state index in [0.29, 0.717) is 16.8 Å². The molecule has 0 aliphatic heterocycles. The second-order valence-corrected chi connectivity index (χ2v) is 4.70. The molecular formula is C15H10F4N2O2. The van der Waals surface area contributed by atoms with Gasteiger partial charge >= 0.3 is 6.36 Å². The zero-order valence-corrected chi connectivity index (χ0v) is 11.5. The number of halogens is 4. The lowest BCUT2D eigenvalue weighted by Crippen LogP contribution is -2.17. The Balaban J connectivity index is 1.75. The van der Waals surface area contributed by atoms with Gasteiger partial charge in [-0.15, -0.1) is 13.2 Å². The van der Waals surface area contributed by atoms with Crippen molar-refractivity contribution in [3.63, 3.8) is 0 Å². The molecule has 120 valence electrons. The highest BCUT2D eigenvalue weighted by Gasteiger charge is 2.31. The number of aromatic nitrogens is 1. The molecule has 1 aromatic heterocycles. The van der Waals surface area contributed by atoms with E-state index >= 15 is 0 Å². The van der Waals surface area contributed by atoms with Crippen LogP contribution in [0.15, 0.2) is 47.0 Å². The van der Waals surface area contributed by atoms with Crippen LogP contribution in [0.4, 0.5) is 23.4 Å². The van der Waals surface area contributed by atoms with Crippen LogP contribution in [-0.2, 0) is 6.54 Å². The van der Waals surface area contributed by atoms with Gasteiger partial charge < -0.3 is 14.6 Å². The number of hydrogen-bond acceptors (Lipinski definition) is 4. The van der Waals surface area contributed by atoms with Crippen LogP contribution >= 0.6 is 0 Å². The number of para-hydroxylation sites is 1. The van der Waals surface area contributed by atoms with E-state index < -0.39 is 12.2 Å². The van der Waals surface area contributed by atoms with Gasteiger partial charge in [-0.05, 0) is 29.8 Å². The van der Waals surface area contributed by atoms with Crippen LogP contribution < -0.4 is 10.1 Å². The Hall–Kier alpha value is -2.77. The zero-order valence-electron chi connectivity index (χ0n) is 11.5. The number of fused-ring (bicyclic) bond motifs is 1. The number of ether oxygens (including phenoxy) is 1. The maximum absolute atomic E-state index is 13.5. The Kier molecular flexibility index (Phi) is 3.81. The molecule has 8 heteroatoms. The third-order valence-corrected chi connectivity index (χ3v) is 3.04. The first-order valence-electron chi connectivity index (χ1n) is 6.55. The molecule has 0 aliphatic carbocycles. The fourth-order valence-electron chi connectivity index (χ4n) is 2.09. The minimum atomic E-state index is -4.74. The summed E-state index contributed by atoms with van der Waals surface area (Å²) < 4.78 is 58.8. The molecule has 0 radical (unpaired) electrons. The first-order valence-corrected chi connectivity index (χ1v) is 6.55. The van der Waals surface area contributed by atoms with Gasteiger partial charge in [0.2, 0.25) is 5.58 Å². The topological polar surface area (TPSA) is 47.3 Å². The molecule has 0 bridgehead atoms. The monoisotopic (exact) mass is 326 g/mol. The average Bonchev–Trinajstić information content (AvgIpc) is 2.88. The molecule has 23 heavy (non-hydrogen) atoms. The molecule has 0 amide bonds. The summed E-state index contributed by atoms with van der Waals surface area (Å²) in [6.45, 7) is 0.174. The molecule has 0 spiro atoms. The second kappa shape index (κ2) is 5.79.